The third-order valence-electron chi connectivity index (χ3n) is 2.96. The maximum absolute atomic E-state index is 9.54. The highest BCUT2D eigenvalue weighted by Gasteiger charge is 2.35. The van der Waals surface area contributed by atoms with Gasteiger partial charge in [0.05, 0.1) is 6.10 Å². The van der Waals surface area contributed by atoms with E-state index in [1.54, 1.807) is 0 Å². The Morgan fingerprint density at radius 1 is 1.20 bits per heavy atom. The van der Waals surface area contributed by atoms with Gasteiger partial charge in [-0.1, -0.05) is 6.42 Å². The number of hydrogen-bond donors (Lipinski definition) is 2. The molecule has 2 fully saturated rings. The second-order valence-corrected chi connectivity index (χ2v) is 3.58. The number of aliphatic hydroxyl groups is 1. The van der Waals surface area contributed by atoms with Crippen LogP contribution in [-0.4, -0.2) is 24.3 Å². The van der Waals surface area contributed by atoms with Crippen molar-refractivity contribution in [3.05, 3.63) is 0 Å². The molecule has 0 radical (unpaired) electrons. The van der Waals surface area contributed by atoms with Crippen molar-refractivity contribution < 1.29 is 5.11 Å². The average molecular weight is 141 g/mol. The third kappa shape index (κ3) is 0.956. The Balaban J connectivity index is 2.03. The summed E-state index contributed by atoms with van der Waals surface area (Å²) in [5, 5.41) is 12.9. The predicted molar refractivity (Wildman–Crippen MR) is 39.7 cm³/mol. The number of rotatable bonds is 0. The molecule has 2 rings (SSSR count). The normalized spacial score (nSPS) is 47.1. The minimum Gasteiger partial charge on any atom is -0.393 e. The van der Waals surface area contributed by atoms with E-state index in [1.807, 2.05) is 0 Å². The number of aliphatic hydroxyl groups excluding tert-OH is 1. The molecule has 58 valence electrons. The Morgan fingerprint density at radius 3 is 2.90 bits per heavy atom. The van der Waals surface area contributed by atoms with Crippen molar-refractivity contribution in [1.82, 2.24) is 5.32 Å². The Labute approximate surface area is 61.6 Å². The van der Waals surface area contributed by atoms with Gasteiger partial charge in [-0.15, -0.1) is 0 Å². The first-order valence-corrected chi connectivity index (χ1v) is 4.26. The summed E-state index contributed by atoms with van der Waals surface area (Å²) in [6.07, 6.45) is 3.58. The first-order chi connectivity index (χ1) is 4.88. The van der Waals surface area contributed by atoms with E-state index in [9.17, 15) is 5.11 Å². The Bertz CT molecular complexity index is 126. The first kappa shape index (κ1) is 6.62. The molecule has 1 aliphatic heterocycles. The highest BCUT2D eigenvalue weighted by atomic mass is 16.3. The predicted octanol–water partition coefficient (Wildman–Crippen LogP) is 0.367. The molecule has 0 aromatic carbocycles. The second kappa shape index (κ2) is 2.51. The molecule has 1 heterocycles. The van der Waals surface area contributed by atoms with Crippen molar-refractivity contribution in [2.45, 2.75) is 25.4 Å². The van der Waals surface area contributed by atoms with Crippen LogP contribution >= 0.6 is 0 Å². The van der Waals surface area contributed by atoms with E-state index in [2.05, 4.69) is 5.32 Å². The van der Waals surface area contributed by atoms with Crippen LogP contribution in [0.1, 0.15) is 19.3 Å². The molecule has 10 heavy (non-hydrogen) atoms. The topological polar surface area (TPSA) is 32.3 Å². The highest BCUT2D eigenvalue weighted by Crippen LogP contribution is 2.32. The summed E-state index contributed by atoms with van der Waals surface area (Å²) in [4.78, 5) is 0. The van der Waals surface area contributed by atoms with Crippen molar-refractivity contribution in [2.24, 2.45) is 11.8 Å². The fraction of sp³-hybridized carbons (Fsp3) is 1.00. The average Bonchev–Trinajstić information content (AvgIpc) is 2.36. The van der Waals surface area contributed by atoms with Gasteiger partial charge in [-0.05, 0) is 25.3 Å². The summed E-state index contributed by atoms with van der Waals surface area (Å²) < 4.78 is 0. The van der Waals surface area contributed by atoms with Gasteiger partial charge in [0, 0.05) is 12.5 Å². The first-order valence-electron chi connectivity index (χ1n) is 4.26. The van der Waals surface area contributed by atoms with Crippen molar-refractivity contribution in [3.8, 4) is 0 Å². The summed E-state index contributed by atoms with van der Waals surface area (Å²) in [7, 11) is 0. The van der Waals surface area contributed by atoms with Crippen LogP contribution < -0.4 is 5.32 Å². The summed E-state index contributed by atoms with van der Waals surface area (Å²) in [6.45, 7) is 2.19. The minimum atomic E-state index is -0.00579. The van der Waals surface area contributed by atoms with Crippen LogP contribution in [0.2, 0.25) is 0 Å². The molecule has 0 spiro atoms. The van der Waals surface area contributed by atoms with Crippen LogP contribution in [0.25, 0.3) is 0 Å². The van der Waals surface area contributed by atoms with Crippen molar-refractivity contribution in [2.75, 3.05) is 13.1 Å². The van der Waals surface area contributed by atoms with Crippen LogP contribution in [0.15, 0.2) is 0 Å². The standard InChI is InChI=1S/C8H15NO/c10-8-3-1-2-6-4-9-5-7(6)8/h6-10H,1-5H2/t6-,7-,8+/m0/s1. The van der Waals surface area contributed by atoms with Crippen LogP contribution in [0, 0.1) is 11.8 Å². The van der Waals surface area contributed by atoms with E-state index in [1.165, 1.54) is 12.8 Å². The Kier molecular flexibility index (Phi) is 1.66. The molecule has 0 unspecified atom stereocenters. The minimum absolute atomic E-state index is 0.00579. The number of fused-ring (bicyclic) bond motifs is 1. The van der Waals surface area contributed by atoms with Gasteiger partial charge in [0.1, 0.15) is 0 Å². The number of hydrogen-bond acceptors (Lipinski definition) is 2. The molecule has 0 bridgehead atoms. The molecular weight excluding hydrogens is 126 g/mol. The van der Waals surface area contributed by atoms with E-state index in [-0.39, 0.29) is 6.10 Å². The van der Waals surface area contributed by atoms with Crippen LogP contribution in [-0.2, 0) is 0 Å². The zero-order valence-electron chi connectivity index (χ0n) is 6.21. The summed E-state index contributed by atoms with van der Waals surface area (Å²) >= 11 is 0. The third-order valence-corrected chi connectivity index (χ3v) is 2.96. The largest absolute Gasteiger partial charge is 0.393 e. The number of nitrogens with one attached hydrogen (secondary N) is 1. The molecule has 3 atom stereocenters. The fourth-order valence-corrected chi connectivity index (χ4v) is 2.32. The van der Waals surface area contributed by atoms with Crippen molar-refractivity contribution >= 4 is 0 Å². The van der Waals surface area contributed by atoms with Gasteiger partial charge in [-0.25, -0.2) is 0 Å². The fourth-order valence-electron chi connectivity index (χ4n) is 2.32. The lowest BCUT2D eigenvalue weighted by Crippen LogP contribution is -2.31. The van der Waals surface area contributed by atoms with E-state index < -0.39 is 0 Å². The smallest absolute Gasteiger partial charge is 0.0583 e. The second-order valence-electron chi connectivity index (χ2n) is 3.58. The van der Waals surface area contributed by atoms with Crippen molar-refractivity contribution in [3.63, 3.8) is 0 Å². The van der Waals surface area contributed by atoms with Crippen LogP contribution in [0.3, 0.4) is 0 Å². The molecule has 1 aliphatic carbocycles. The van der Waals surface area contributed by atoms with Crippen LogP contribution in [0.5, 0.6) is 0 Å². The Hall–Kier alpha value is -0.0800. The Morgan fingerprint density at radius 2 is 2.10 bits per heavy atom. The monoisotopic (exact) mass is 141 g/mol. The summed E-state index contributed by atoms with van der Waals surface area (Å²) in [5.41, 5.74) is 0. The lowest BCUT2D eigenvalue weighted by atomic mass is 9.80. The highest BCUT2D eigenvalue weighted by molar-refractivity contribution is 4.89. The van der Waals surface area contributed by atoms with Gasteiger partial charge in [0.15, 0.2) is 0 Å². The van der Waals surface area contributed by atoms with Crippen LogP contribution in [0.4, 0.5) is 0 Å². The van der Waals surface area contributed by atoms with Gasteiger partial charge in [-0.3, -0.25) is 0 Å². The van der Waals surface area contributed by atoms with Gasteiger partial charge < -0.3 is 10.4 Å². The molecule has 0 aromatic rings. The molecule has 2 aliphatic rings. The zero-order valence-corrected chi connectivity index (χ0v) is 6.21. The van der Waals surface area contributed by atoms with E-state index in [0.717, 1.165) is 25.4 Å². The molecule has 2 nitrogen and oxygen atoms in total. The molecule has 1 saturated heterocycles. The summed E-state index contributed by atoms with van der Waals surface area (Å²) in [5.74, 6) is 1.36. The molecule has 0 amide bonds. The van der Waals surface area contributed by atoms with Gasteiger partial charge in [0.25, 0.3) is 0 Å². The molecule has 0 aromatic heterocycles. The van der Waals surface area contributed by atoms with E-state index in [4.69, 9.17) is 0 Å². The van der Waals surface area contributed by atoms with Crippen molar-refractivity contribution in [1.29, 1.82) is 0 Å². The van der Waals surface area contributed by atoms with Gasteiger partial charge >= 0.3 is 0 Å². The zero-order chi connectivity index (χ0) is 6.97. The van der Waals surface area contributed by atoms with E-state index in [0.29, 0.717) is 5.92 Å². The quantitative estimate of drug-likeness (QED) is 0.510. The van der Waals surface area contributed by atoms with Gasteiger partial charge in [0.2, 0.25) is 0 Å². The SMILES string of the molecule is O[C@@H]1CCC[C@H]2CNC[C@@H]21. The lowest BCUT2D eigenvalue weighted by molar-refractivity contribution is 0.0563. The maximum Gasteiger partial charge on any atom is 0.0583 e. The lowest BCUT2D eigenvalue weighted by Gasteiger charge is -2.28. The van der Waals surface area contributed by atoms with E-state index >= 15 is 0 Å². The summed E-state index contributed by atoms with van der Waals surface area (Å²) in [6, 6.07) is 0. The molecular formula is C8H15NO. The maximum atomic E-state index is 9.54. The van der Waals surface area contributed by atoms with Gasteiger partial charge in [-0.2, -0.15) is 0 Å². The molecule has 1 saturated carbocycles. The molecule has 2 N–H and O–H groups in total. The molecule has 2 heteroatoms.